The molecule has 0 aliphatic heterocycles. The molecule has 1 aromatic carbocycles. The Labute approximate surface area is 146 Å². The zero-order chi connectivity index (χ0) is 18.0. The molecule has 3 rings (SSSR count). The monoisotopic (exact) mass is 358 g/mol. The first-order valence-corrected chi connectivity index (χ1v) is 8.09. The third-order valence-corrected chi connectivity index (χ3v) is 4.13. The highest BCUT2D eigenvalue weighted by Crippen LogP contribution is 2.28. The van der Waals surface area contributed by atoms with Crippen molar-refractivity contribution < 1.29 is 14.3 Å². The molecule has 9 heteroatoms. The number of amides is 2. The zero-order valence-electron chi connectivity index (χ0n) is 13.4. The molecule has 0 spiro atoms. The second-order valence-corrected chi connectivity index (χ2v) is 5.96. The van der Waals surface area contributed by atoms with Crippen molar-refractivity contribution in [3.63, 3.8) is 0 Å². The van der Waals surface area contributed by atoms with Gasteiger partial charge in [0.1, 0.15) is 11.3 Å². The fraction of sp³-hybridized carbons (Fsp3) is 0.125. The summed E-state index contributed by atoms with van der Waals surface area (Å²) in [6, 6.07) is 4.80. The van der Waals surface area contributed by atoms with E-state index in [1.54, 1.807) is 29.8 Å². The van der Waals surface area contributed by atoms with Crippen LogP contribution in [0.25, 0.3) is 4.96 Å². The van der Waals surface area contributed by atoms with Crippen LogP contribution in [0.1, 0.15) is 17.3 Å². The summed E-state index contributed by atoms with van der Waals surface area (Å²) in [6.07, 6.45) is 2.80. The molecule has 0 aliphatic carbocycles. The highest BCUT2D eigenvalue weighted by Gasteiger charge is 2.16. The van der Waals surface area contributed by atoms with Crippen LogP contribution in [0, 0.1) is 0 Å². The molecule has 2 heterocycles. The Morgan fingerprint density at radius 1 is 1.28 bits per heavy atom. The first-order valence-electron chi connectivity index (χ1n) is 7.21. The predicted molar refractivity (Wildman–Crippen MR) is 94.6 cm³/mol. The first kappa shape index (κ1) is 16.7. The largest absolute Gasteiger partial charge is 0.495 e. The van der Waals surface area contributed by atoms with Crippen LogP contribution < -0.4 is 20.9 Å². The van der Waals surface area contributed by atoms with Crippen molar-refractivity contribution in [1.29, 1.82) is 0 Å². The van der Waals surface area contributed by atoms with Gasteiger partial charge in [-0.05, 0) is 18.2 Å². The Bertz CT molecular complexity index is 1020. The molecule has 0 atom stereocenters. The number of thiazole rings is 1. The van der Waals surface area contributed by atoms with Gasteiger partial charge in [-0.25, -0.2) is 4.98 Å². The van der Waals surface area contributed by atoms with Gasteiger partial charge < -0.3 is 15.4 Å². The van der Waals surface area contributed by atoms with Crippen LogP contribution >= 0.6 is 11.3 Å². The average Bonchev–Trinajstić information content (AvgIpc) is 3.04. The summed E-state index contributed by atoms with van der Waals surface area (Å²) in [5.41, 5.74) is 0.268. The molecule has 2 aromatic heterocycles. The second kappa shape index (κ2) is 6.73. The van der Waals surface area contributed by atoms with Crippen LogP contribution in [0.4, 0.5) is 11.4 Å². The predicted octanol–water partition coefficient (Wildman–Crippen LogP) is 1.98. The van der Waals surface area contributed by atoms with Gasteiger partial charge in [-0.1, -0.05) is 0 Å². The lowest BCUT2D eigenvalue weighted by Gasteiger charge is -2.12. The molecule has 0 fully saturated rings. The molecule has 0 radical (unpaired) electrons. The molecule has 3 aromatic rings. The molecule has 0 aliphatic rings. The number of carbonyl (C=O) groups is 2. The van der Waals surface area contributed by atoms with Gasteiger partial charge in [0.25, 0.3) is 11.5 Å². The third-order valence-electron chi connectivity index (χ3n) is 3.36. The van der Waals surface area contributed by atoms with Gasteiger partial charge >= 0.3 is 0 Å². The van der Waals surface area contributed by atoms with E-state index in [9.17, 15) is 14.4 Å². The number of carbonyl (C=O) groups excluding carboxylic acids is 2. The van der Waals surface area contributed by atoms with E-state index >= 15 is 0 Å². The third kappa shape index (κ3) is 3.36. The minimum atomic E-state index is -0.614. The molecule has 128 valence electrons. The van der Waals surface area contributed by atoms with Crippen molar-refractivity contribution in [3.8, 4) is 5.75 Å². The summed E-state index contributed by atoms with van der Waals surface area (Å²) >= 11 is 1.30. The maximum Gasteiger partial charge on any atom is 0.271 e. The smallest absolute Gasteiger partial charge is 0.271 e. The van der Waals surface area contributed by atoms with Crippen molar-refractivity contribution in [1.82, 2.24) is 9.38 Å². The fourth-order valence-corrected chi connectivity index (χ4v) is 2.93. The molecule has 2 N–H and O–H groups in total. The Balaban J connectivity index is 1.94. The van der Waals surface area contributed by atoms with Crippen LogP contribution in [0.2, 0.25) is 0 Å². The molecule has 0 saturated carbocycles. The van der Waals surface area contributed by atoms with Gasteiger partial charge in [0, 0.05) is 30.4 Å². The number of nitrogens with zero attached hydrogens (tertiary/aromatic N) is 2. The Hall–Kier alpha value is -3.20. The first-order chi connectivity index (χ1) is 12.0. The van der Waals surface area contributed by atoms with E-state index in [1.165, 1.54) is 36.0 Å². The lowest BCUT2D eigenvalue weighted by Crippen LogP contribution is -2.26. The summed E-state index contributed by atoms with van der Waals surface area (Å²) in [5.74, 6) is -0.462. The van der Waals surface area contributed by atoms with Crippen LogP contribution in [-0.4, -0.2) is 28.3 Å². The van der Waals surface area contributed by atoms with Crippen molar-refractivity contribution in [3.05, 3.63) is 51.9 Å². The van der Waals surface area contributed by atoms with Crippen molar-refractivity contribution in [2.45, 2.75) is 6.92 Å². The number of benzene rings is 1. The van der Waals surface area contributed by atoms with Gasteiger partial charge in [0.15, 0.2) is 4.96 Å². The fourth-order valence-electron chi connectivity index (χ4n) is 2.26. The number of ether oxygens (including phenoxy) is 1. The molecule has 0 saturated heterocycles. The normalized spacial score (nSPS) is 10.5. The molecule has 8 nitrogen and oxygen atoms in total. The van der Waals surface area contributed by atoms with Crippen LogP contribution in [0.5, 0.6) is 5.75 Å². The molecular formula is C16H14N4O4S. The van der Waals surface area contributed by atoms with Gasteiger partial charge in [0.2, 0.25) is 5.91 Å². The zero-order valence-corrected chi connectivity index (χ0v) is 14.2. The highest BCUT2D eigenvalue weighted by molar-refractivity contribution is 7.15. The summed E-state index contributed by atoms with van der Waals surface area (Å²) in [6.45, 7) is 1.38. The summed E-state index contributed by atoms with van der Waals surface area (Å²) in [5, 5.41) is 6.96. The number of hydrogen-bond donors (Lipinski definition) is 2. The Morgan fingerprint density at radius 3 is 2.80 bits per heavy atom. The maximum atomic E-state index is 12.5. The van der Waals surface area contributed by atoms with Gasteiger partial charge in [-0.15, -0.1) is 11.3 Å². The average molecular weight is 358 g/mol. The van der Waals surface area contributed by atoms with Gasteiger partial charge in [0.05, 0.1) is 12.8 Å². The van der Waals surface area contributed by atoms with E-state index in [0.29, 0.717) is 22.1 Å². The van der Waals surface area contributed by atoms with E-state index in [4.69, 9.17) is 4.74 Å². The maximum absolute atomic E-state index is 12.5. The lowest BCUT2D eigenvalue weighted by atomic mass is 10.2. The van der Waals surface area contributed by atoms with Crippen LogP contribution in [-0.2, 0) is 4.79 Å². The van der Waals surface area contributed by atoms with E-state index in [1.807, 2.05) is 0 Å². The number of nitrogens with one attached hydrogen (secondary N) is 2. The van der Waals surface area contributed by atoms with E-state index in [-0.39, 0.29) is 11.5 Å². The summed E-state index contributed by atoms with van der Waals surface area (Å²) in [4.78, 5) is 40.7. The standard InChI is InChI=1S/C16H14N4O4S/c1-9(21)18-10-3-4-13(24-2)12(7-10)19-14(22)11-8-17-16-20(15(11)23)5-6-25-16/h3-8H,1-2H3,(H,18,21)(H,19,22). The number of aromatic nitrogens is 2. The van der Waals surface area contributed by atoms with Crippen molar-refractivity contribution in [2.75, 3.05) is 17.7 Å². The number of rotatable bonds is 4. The minimum absolute atomic E-state index is 0.0946. The SMILES string of the molecule is COc1ccc(NC(C)=O)cc1NC(=O)c1cnc2sccn2c1=O. The summed E-state index contributed by atoms with van der Waals surface area (Å²) in [7, 11) is 1.46. The van der Waals surface area contributed by atoms with E-state index in [0.717, 1.165) is 0 Å². The second-order valence-electron chi connectivity index (χ2n) is 5.08. The van der Waals surface area contributed by atoms with Crippen LogP contribution in [0.15, 0.2) is 40.8 Å². The Morgan fingerprint density at radius 2 is 2.08 bits per heavy atom. The van der Waals surface area contributed by atoms with Crippen molar-refractivity contribution >= 4 is 39.5 Å². The highest BCUT2D eigenvalue weighted by atomic mass is 32.1. The summed E-state index contributed by atoms with van der Waals surface area (Å²) < 4.78 is 6.52. The van der Waals surface area contributed by atoms with E-state index < -0.39 is 11.5 Å². The number of anilines is 2. The van der Waals surface area contributed by atoms with Gasteiger partial charge in [-0.3, -0.25) is 18.8 Å². The molecule has 25 heavy (non-hydrogen) atoms. The number of methoxy groups -OCH3 is 1. The van der Waals surface area contributed by atoms with E-state index in [2.05, 4.69) is 15.6 Å². The number of fused-ring (bicyclic) bond motifs is 1. The topological polar surface area (TPSA) is 102 Å². The molecule has 0 bridgehead atoms. The quantitative estimate of drug-likeness (QED) is 0.742. The van der Waals surface area contributed by atoms with Gasteiger partial charge in [-0.2, -0.15) is 0 Å². The minimum Gasteiger partial charge on any atom is -0.495 e. The number of hydrogen-bond acceptors (Lipinski definition) is 6. The van der Waals surface area contributed by atoms with Crippen molar-refractivity contribution in [2.24, 2.45) is 0 Å². The van der Waals surface area contributed by atoms with Crippen LogP contribution in [0.3, 0.4) is 0 Å². The lowest BCUT2D eigenvalue weighted by molar-refractivity contribution is -0.114. The molecule has 2 amide bonds. The molecular weight excluding hydrogens is 344 g/mol. The Kier molecular flexibility index (Phi) is 4.48. The molecule has 0 unspecified atom stereocenters.